The number of imidazole rings is 1. The molecule has 6 rings (SSSR count). The highest BCUT2D eigenvalue weighted by Gasteiger charge is 2.28. The van der Waals surface area contributed by atoms with Crippen LogP contribution in [0.1, 0.15) is 45.2 Å². The summed E-state index contributed by atoms with van der Waals surface area (Å²) < 4.78 is 16.6. The fourth-order valence-electron chi connectivity index (χ4n) is 5.05. The lowest BCUT2D eigenvalue weighted by atomic mass is 10.0. The molecule has 1 unspecified atom stereocenters. The summed E-state index contributed by atoms with van der Waals surface area (Å²) in [4.78, 5) is 45.4. The normalized spacial score (nSPS) is 14.3. The topological polar surface area (TPSA) is 188 Å². The Kier molecular flexibility index (Phi) is 7.48. The van der Waals surface area contributed by atoms with Gasteiger partial charge in [0.2, 0.25) is 0 Å². The SMILES string of the molecule is Cc1oc(=O)oc1COC(=O)c1cc(-c2cnc(C3CCc4cc(-c5cc(Cl)ccc5N(N)/C=N\N)cc(=O)n43)[nH]2)cs1. The van der Waals surface area contributed by atoms with E-state index in [1.165, 1.54) is 22.7 Å². The number of thiophene rings is 1. The van der Waals surface area contributed by atoms with Gasteiger partial charge in [-0.25, -0.2) is 20.4 Å². The number of aromatic nitrogens is 3. The van der Waals surface area contributed by atoms with Crippen LogP contribution in [0.4, 0.5) is 5.69 Å². The number of nitrogens with two attached hydrogens (primary N) is 2. The number of carbonyl (C=O) groups is 1. The third kappa shape index (κ3) is 5.50. The van der Waals surface area contributed by atoms with Crippen molar-refractivity contribution in [1.82, 2.24) is 14.5 Å². The number of fused-ring (bicyclic) bond motifs is 1. The second-order valence-corrected chi connectivity index (χ2v) is 11.1. The monoisotopic (exact) mass is 621 g/mol. The summed E-state index contributed by atoms with van der Waals surface area (Å²) in [6.07, 6.45) is 4.25. The van der Waals surface area contributed by atoms with E-state index in [2.05, 4.69) is 15.1 Å². The second-order valence-electron chi connectivity index (χ2n) is 9.72. The highest BCUT2D eigenvalue weighted by Crippen LogP contribution is 2.36. The molecule has 13 nitrogen and oxygen atoms in total. The third-order valence-electron chi connectivity index (χ3n) is 7.07. The fraction of sp³-hybridized carbons (Fsp3) is 0.179. The first-order valence-corrected chi connectivity index (χ1v) is 14.2. The predicted molar refractivity (Wildman–Crippen MR) is 160 cm³/mol. The van der Waals surface area contributed by atoms with Crippen molar-refractivity contribution in [2.24, 2.45) is 16.8 Å². The number of nitrogens with zero attached hydrogens (tertiary/aromatic N) is 4. The number of H-pyrrole nitrogens is 1. The van der Waals surface area contributed by atoms with Gasteiger partial charge in [0, 0.05) is 33.3 Å². The van der Waals surface area contributed by atoms with Crippen LogP contribution in [-0.2, 0) is 17.8 Å². The number of aromatic amines is 1. The van der Waals surface area contributed by atoms with Crippen LogP contribution in [-0.4, -0.2) is 26.8 Å². The number of anilines is 1. The molecule has 43 heavy (non-hydrogen) atoms. The Morgan fingerprint density at radius 3 is 2.88 bits per heavy atom. The Hall–Kier alpha value is -4.92. The van der Waals surface area contributed by atoms with Crippen LogP contribution in [0, 0.1) is 6.92 Å². The number of hydrazine groups is 1. The zero-order chi connectivity index (χ0) is 30.2. The molecule has 1 aliphatic rings. The van der Waals surface area contributed by atoms with Crippen LogP contribution in [0.2, 0.25) is 5.02 Å². The van der Waals surface area contributed by atoms with Crippen molar-refractivity contribution in [2.45, 2.75) is 32.4 Å². The Morgan fingerprint density at radius 2 is 2.12 bits per heavy atom. The van der Waals surface area contributed by atoms with E-state index in [1.807, 2.05) is 6.07 Å². The van der Waals surface area contributed by atoms with Gasteiger partial charge >= 0.3 is 11.8 Å². The van der Waals surface area contributed by atoms with Gasteiger partial charge in [-0.15, -0.1) is 11.3 Å². The summed E-state index contributed by atoms with van der Waals surface area (Å²) in [5.41, 5.74) is 3.98. The Labute approximate surface area is 251 Å². The lowest BCUT2D eigenvalue weighted by Crippen LogP contribution is -2.30. The molecular weight excluding hydrogens is 598 g/mol. The van der Waals surface area contributed by atoms with E-state index in [0.29, 0.717) is 51.1 Å². The van der Waals surface area contributed by atoms with Crippen LogP contribution in [0.5, 0.6) is 0 Å². The second kappa shape index (κ2) is 11.4. The molecule has 5 N–H and O–H groups in total. The molecule has 0 saturated heterocycles. The van der Waals surface area contributed by atoms with E-state index in [0.717, 1.165) is 11.3 Å². The first kappa shape index (κ1) is 28.2. The van der Waals surface area contributed by atoms with Crippen LogP contribution in [0.25, 0.3) is 22.4 Å². The summed E-state index contributed by atoms with van der Waals surface area (Å²) in [6.45, 7) is 1.33. The van der Waals surface area contributed by atoms with Crippen molar-refractivity contribution < 1.29 is 18.4 Å². The minimum Gasteiger partial charge on any atom is -0.453 e. The van der Waals surface area contributed by atoms with Gasteiger partial charge < -0.3 is 29.0 Å². The molecule has 1 atom stereocenters. The van der Waals surface area contributed by atoms with Crippen molar-refractivity contribution in [2.75, 3.05) is 5.01 Å². The molecule has 1 aliphatic heterocycles. The maximum absolute atomic E-state index is 13.4. The van der Waals surface area contributed by atoms with Gasteiger partial charge in [0.25, 0.3) is 5.56 Å². The lowest BCUT2D eigenvalue weighted by molar-refractivity contribution is 0.0448. The smallest absolute Gasteiger partial charge is 0.453 e. The quantitative estimate of drug-likeness (QED) is 0.0752. The molecule has 0 aliphatic carbocycles. The Balaban J connectivity index is 1.22. The summed E-state index contributed by atoms with van der Waals surface area (Å²) >= 11 is 7.48. The molecule has 15 heteroatoms. The molecule has 4 aromatic heterocycles. The number of carbonyl (C=O) groups excluding carboxylic acids is 1. The van der Waals surface area contributed by atoms with Crippen molar-refractivity contribution in [1.29, 1.82) is 0 Å². The minimum absolute atomic E-state index is 0.156. The maximum Gasteiger partial charge on any atom is 0.519 e. The number of hydrogen-bond donors (Lipinski definition) is 3. The fourth-order valence-corrected chi connectivity index (χ4v) is 6.02. The van der Waals surface area contributed by atoms with Crippen LogP contribution >= 0.6 is 22.9 Å². The molecule has 0 amide bonds. The van der Waals surface area contributed by atoms with Gasteiger partial charge in [-0.3, -0.25) is 9.80 Å². The summed E-state index contributed by atoms with van der Waals surface area (Å²) in [5, 5.41) is 7.03. The Morgan fingerprint density at radius 1 is 1.28 bits per heavy atom. The van der Waals surface area contributed by atoms with E-state index < -0.39 is 11.8 Å². The molecule has 0 radical (unpaired) electrons. The molecule has 0 spiro atoms. The first-order valence-electron chi connectivity index (χ1n) is 12.9. The van der Waals surface area contributed by atoms with E-state index in [9.17, 15) is 14.4 Å². The number of rotatable bonds is 8. The van der Waals surface area contributed by atoms with Crippen LogP contribution < -0.4 is 28.1 Å². The number of halogens is 1. The summed E-state index contributed by atoms with van der Waals surface area (Å²) in [7, 11) is 0. The van der Waals surface area contributed by atoms with Gasteiger partial charge in [-0.05, 0) is 55.7 Å². The molecule has 220 valence electrons. The largest absolute Gasteiger partial charge is 0.519 e. The Bertz CT molecular complexity index is 1990. The van der Waals surface area contributed by atoms with Crippen molar-refractivity contribution in [3.63, 3.8) is 0 Å². The maximum atomic E-state index is 13.4. The highest BCUT2D eigenvalue weighted by atomic mass is 35.5. The standard InChI is InChI=1S/C28H24ClN7O6S/c1-14-23(42-28(39)41-14)11-40-27(38)24-7-16(12-43-24)20-10-32-26(34-20)22-5-3-18-6-15(8-25(37)36(18)22)19-9-17(29)2-4-21(19)35(31)13-33-30/h2,4,6-10,12-13,22H,3,5,11,30-31H2,1H3,(H,32,34)/b33-13-. The van der Waals surface area contributed by atoms with E-state index in [1.54, 1.807) is 53.4 Å². The van der Waals surface area contributed by atoms with Crippen molar-refractivity contribution >= 4 is 40.9 Å². The van der Waals surface area contributed by atoms with Gasteiger partial charge in [0.15, 0.2) is 18.1 Å². The zero-order valence-corrected chi connectivity index (χ0v) is 24.1. The summed E-state index contributed by atoms with van der Waals surface area (Å²) in [6, 6.07) is 10.0. The van der Waals surface area contributed by atoms with Gasteiger partial charge in [0.1, 0.15) is 17.0 Å². The molecule has 0 bridgehead atoms. The average Bonchev–Trinajstić information content (AvgIpc) is 3.77. The minimum atomic E-state index is -0.850. The molecule has 5 heterocycles. The predicted octanol–water partition coefficient (Wildman–Crippen LogP) is 3.95. The molecule has 0 fully saturated rings. The number of pyridine rings is 1. The number of aryl methyl sites for hydroxylation is 2. The molecular formula is C28H24ClN7O6S. The van der Waals surface area contributed by atoms with Crippen molar-refractivity contribution in [3.8, 4) is 22.4 Å². The lowest BCUT2D eigenvalue weighted by Gasteiger charge is -2.18. The van der Waals surface area contributed by atoms with Crippen LogP contribution in [0.3, 0.4) is 0 Å². The number of nitrogens with one attached hydrogen (secondary N) is 1. The van der Waals surface area contributed by atoms with Gasteiger partial charge in [-0.1, -0.05) is 11.6 Å². The van der Waals surface area contributed by atoms with E-state index >= 15 is 0 Å². The molecule has 0 saturated carbocycles. The number of hydrazone groups is 1. The van der Waals surface area contributed by atoms with Crippen molar-refractivity contribution in [3.05, 3.63) is 102 Å². The first-order chi connectivity index (χ1) is 20.7. The number of benzene rings is 1. The average molecular weight is 622 g/mol. The zero-order valence-electron chi connectivity index (χ0n) is 22.6. The number of esters is 1. The van der Waals surface area contributed by atoms with E-state index in [4.69, 9.17) is 36.9 Å². The number of hydrogen-bond acceptors (Lipinski definition) is 11. The molecule has 1 aromatic carbocycles. The van der Waals surface area contributed by atoms with E-state index in [-0.39, 0.29) is 29.7 Å². The molecule has 5 aromatic rings. The van der Waals surface area contributed by atoms with Gasteiger partial charge in [-0.2, -0.15) is 5.10 Å². The third-order valence-corrected chi connectivity index (χ3v) is 8.21. The highest BCUT2D eigenvalue weighted by molar-refractivity contribution is 7.12. The summed E-state index contributed by atoms with van der Waals surface area (Å²) in [5.74, 6) is 11.0. The van der Waals surface area contributed by atoms with Gasteiger partial charge in [0.05, 0.1) is 23.6 Å². The van der Waals surface area contributed by atoms with Crippen LogP contribution in [0.15, 0.2) is 71.5 Å². The number of ether oxygens (including phenoxy) is 1.